The molecule has 0 spiro atoms. The average molecular weight is 235 g/mol. The van der Waals surface area contributed by atoms with Crippen LogP contribution in [-0.4, -0.2) is 16.0 Å². The highest BCUT2D eigenvalue weighted by Crippen LogP contribution is 2.05. The van der Waals surface area contributed by atoms with Crippen molar-refractivity contribution in [2.45, 2.75) is 13.5 Å². The highest BCUT2D eigenvalue weighted by Gasteiger charge is 2.12. The van der Waals surface area contributed by atoms with Gasteiger partial charge in [-0.05, 0) is 19.1 Å². The van der Waals surface area contributed by atoms with Gasteiger partial charge < -0.3 is 9.84 Å². The minimum absolute atomic E-state index is 0.0938. The molecule has 6 heteroatoms. The summed E-state index contributed by atoms with van der Waals surface area (Å²) in [6.45, 7) is 1.93. The van der Waals surface area contributed by atoms with E-state index in [1.165, 1.54) is 18.3 Å². The summed E-state index contributed by atoms with van der Waals surface area (Å²) in [6, 6.07) is 4.56. The Morgan fingerprint density at radius 3 is 3.06 bits per heavy atom. The molecule has 0 aliphatic carbocycles. The molecule has 0 radical (unpaired) electrons. The van der Waals surface area contributed by atoms with E-state index in [0.717, 1.165) is 5.69 Å². The number of amides is 1. The van der Waals surface area contributed by atoms with Crippen LogP contribution in [-0.2, 0) is 6.54 Å². The van der Waals surface area contributed by atoms with E-state index in [2.05, 4.69) is 15.5 Å². The number of carbonyl (C=O) groups excluding carboxylic acids is 1. The van der Waals surface area contributed by atoms with Crippen molar-refractivity contribution in [3.63, 3.8) is 0 Å². The molecule has 2 aromatic heterocycles. The lowest BCUT2D eigenvalue weighted by Gasteiger charge is -2.02. The van der Waals surface area contributed by atoms with E-state index in [9.17, 15) is 9.18 Å². The van der Waals surface area contributed by atoms with Crippen LogP contribution in [0.2, 0.25) is 0 Å². The molecule has 1 amide bonds. The fourth-order valence-corrected chi connectivity index (χ4v) is 1.32. The highest BCUT2D eigenvalue weighted by molar-refractivity contribution is 5.93. The Kier molecular flexibility index (Phi) is 3.13. The Morgan fingerprint density at radius 2 is 2.41 bits per heavy atom. The molecule has 5 nitrogen and oxygen atoms in total. The summed E-state index contributed by atoms with van der Waals surface area (Å²) < 4.78 is 18.1. The van der Waals surface area contributed by atoms with E-state index in [-0.39, 0.29) is 12.1 Å². The van der Waals surface area contributed by atoms with Gasteiger partial charge in [0.15, 0.2) is 5.76 Å². The summed E-state index contributed by atoms with van der Waals surface area (Å²) in [6.07, 6.45) is 1.28. The lowest BCUT2D eigenvalue weighted by atomic mass is 10.2. The number of hydrogen-bond donors (Lipinski definition) is 1. The van der Waals surface area contributed by atoms with Crippen molar-refractivity contribution in [2.24, 2.45) is 0 Å². The maximum absolute atomic E-state index is 13.2. The average Bonchev–Trinajstić information content (AvgIpc) is 2.73. The van der Waals surface area contributed by atoms with E-state index in [4.69, 9.17) is 4.52 Å². The van der Waals surface area contributed by atoms with Crippen LogP contribution in [0.4, 0.5) is 4.39 Å². The standard InChI is InChI=1S/C11H10FN3O2/c1-7-5-8(17-15-7)6-14-11(16)9-3-2-4-13-10(9)12/h2-5H,6H2,1H3,(H,14,16). The Hall–Kier alpha value is -2.24. The molecule has 2 aromatic rings. The van der Waals surface area contributed by atoms with Gasteiger partial charge in [0.05, 0.1) is 17.8 Å². The van der Waals surface area contributed by atoms with Crippen LogP contribution in [0.25, 0.3) is 0 Å². The van der Waals surface area contributed by atoms with Gasteiger partial charge >= 0.3 is 0 Å². The lowest BCUT2D eigenvalue weighted by molar-refractivity contribution is 0.0942. The topological polar surface area (TPSA) is 68.0 Å². The van der Waals surface area contributed by atoms with E-state index < -0.39 is 11.9 Å². The van der Waals surface area contributed by atoms with E-state index in [1.54, 1.807) is 13.0 Å². The molecular weight excluding hydrogens is 225 g/mol. The predicted molar refractivity (Wildman–Crippen MR) is 56.6 cm³/mol. The summed E-state index contributed by atoms with van der Waals surface area (Å²) >= 11 is 0. The van der Waals surface area contributed by atoms with Gasteiger partial charge in [-0.3, -0.25) is 4.79 Å². The second kappa shape index (κ2) is 4.73. The molecule has 0 saturated heterocycles. The van der Waals surface area contributed by atoms with Crippen LogP contribution in [0, 0.1) is 12.9 Å². The minimum atomic E-state index is -0.793. The van der Waals surface area contributed by atoms with Crippen molar-refractivity contribution in [1.29, 1.82) is 0 Å². The van der Waals surface area contributed by atoms with E-state index in [0.29, 0.717) is 5.76 Å². The van der Waals surface area contributed by atoms with Gasteiger partial charge in [-0.25, -0.2) is 4.98 Å². The van der Waals surface area contributed by atoms with Crippen molar-refractivity contribution in [3.05, 3.63) is 47.4 Å². The molecule has 17 heavy (non-hydrogen) atoms. The van der Waals surface area contributed by atoms with Crippen molar-refractivity contribution >= 4 is 5.91 Å². The third-order valence-corrected chi connectivity index (χ3v) is 2.10. The van der Waals surface area contributed by atoms with Crippen LogP contribution < -0.4 is 5.32 Å². The number of pyridine rings is 1. The number of nitrogens with zero attached hydrogens (tertiary/aromatic N) is 2. The largest absolute Gasteiger partial charge is 0.359 e. The number of rotatable bonds is 3. The molecule has 88 valence electrons. The third kappa shape index (κ3) is 2.66. The zero-order chi connectivity index (χ0) is 12.3. The molecule has 0 bridgehead atoms. The number of halogens is 1. The lowest BCUT2D eigenvalue weighted by Crippen LogP contribution is -2.23. The van der Waals surface area contributed by atoms with Crippen molar-refractivity contribution in [1.82, 2.24) is 15.5 Å². The monoisotopic (exact) mass is 235 g/mol. The zero-order valence-corrected chi connectivity index (χ0v) is 9.11. The first-order valence-electron chi connectivity index (χ1n) is 4.98. The first kappa shape index (κ1) is 11.3. The SMILES string of the molecule is Cc1cc(CNC(=O)c2cccnc2F)on1. The molecule has 2 rings (SSSR count). The number of nitrogens with one attached hydrogen (secondary N) is 1. The summed E-state index contributed by atoms with van der Waals surface area (Å²) in [5.41, 5.74) is 0.630. The molecule has 0 aromatic carbocycles. The Labute approximate surface area is 96.6 Å². The molecule has 0 unspecified atom stereocenters. The first-order valence-corrected chi connectivity index (χ1v) is 4.98. The fraction of sp³-hybridized carbons (Fsp3) is 0.182. The number of aromatic nitrogens is 2. The molecule has 0 saturated carbocycles. The maximum Gasteiger partial charge on any atom is 0.256 e. The van der Waals surface area contributed by atoms with Crippen LogP contribution in [0.15, 0.2) is 28.9 Å². The van der Waals surface area contributed by atoms with Crippen LogP contribution >= 0.6 is 0 Å². The second-order valence-electron chi connectivity index (χ2n) is 3.46. The molecule has 0 aliphatic rings. The zero-order valence-electron chi connectivity index (χ0n) is 9.11. The third-order valence-electron chi connectivity index (χ3n) is 2.10. The quantitative estimate of drug-likeness (QED) is 0.817. The molecular formula is C11H10FN3O2. The fourth-order valence-electron chi connectivity index (χ4n) is 1.32. The van der Waals surface area contributed by atoms with Crippen LogP contribution in [0.1, 0.15) is 21.8 Å². The van der Waals surface area contributed by atoms with Gasteiger partial charge in [0.1, 0.15) is 0 Å². The number of carbonyl (C=O) groups is 1. The van der Waals surface area contributed by atoms with Gasteiger partial charge in [-0.2, -0.15) is 4.39 Å². The van der Waals surface area contributed by atoms with Crippen LogP contribution in [0.5, 0.6) is 0 Å². The smallest absolute Gasteiger partial charge is 0.256 e. The molecule has 2 heterocycles. The Morgan fingerprint density at radius 1 is 1.59 bits per heavy atom. The molecule has 0 atom stereocenters. The molecule has 1 N–H and O–H groups in total. The minimum Gasteiger partial charge on any atom is -0.359 e. The van der Waals surface area contributed by atoms with Gasteiger partial charge in [-0.15, -0.1) is 0 Å². The van der Waals surface area contributed by atoms with Gasteiger partial charge in [0, 0.05) is 12.3 Å². The Balaban J connectivity index is 2.01. The van der Waals surface area contributed by atoms with E-state index >= 15 is 0 Å². The maximum atomic E-state index is 13.2. The summed E-state index contributed by atoms with van der Waals surface area (Å²) in [7, 11) is 0. The van der Waals surface area contributed by atoms with Crippen molar-refractivity contribution in [3.8, 4) is 0 Å². The van der Waals surface area contributed by atoms with Gasteiger partial charge in [0.2, 0.25) is 5.95 Å². The predicted octanol–water partition coefficient (Wildman–Crippen LogP) is 1.45. The molecule has 0 aliphatic heterocycles. The molecule has 0 fully saturated rings. The normalized spacial score (nSPS) is 10.2. The second-order valence-corrected chi connectivity index (χ2v) is 3.46. The van der Waals surface area contributed by atoms with Crippen molar-refractivity contribution < 1.29 is 13.7 Å². The van der Waals surface area contributed by atoms with E-state index in [1.807, 2.05) is 0 Å². The number of hydrogen-bond acceptors (Lipinski definition) is 4. The summed E-state index contributed by atoms with van der Waals surface area (Å²) in [4.78, 5) is 15.0. The van der Waals surface area contributed by atoms with Gasteiger partial charge in [0.25, 0.3) is 5.91 Å². The highest BCUT2D eigenvalue weighted by atomic mass is 19.1. The first-order chi connectivity index (χ1) is 8.16. The summed E-state index contributed by atoms with van der Waals surface area (Å²) in [5, 5.41) is 6.19. The Bertz CT molecular complexity index is 539. The van der Waals surface area contributed by atoms with Crippen LogP contribution in [0.3, 0.4) is 0 Å². The summed E-state index contributed by atoms with van der Waals surface area (Å²) in [5.74, 6) is -0.816. The van der Waals surface area contributed by atoms with Gasteiger partial charge in [-0.1, -0.05) is 5.16 Å². The van der Waals surface area contributed by atoms with Crippen molar-refractivity contribution in [2.75, 3.05) is 0 Å². The number of aryl methyl sites for hydroxylation is 1.